The van der Waals surface area contributed by atoms with Crippen molar-refractivity contribution in [3.05, 3.63) is 46.5 Å². The van der Waals surface area contributed by atoms with Gasteiger partial charge in [0.25, 0.3) is 11.7 Å². The lowest BCUT2D eigenvalue weighted by atomic mass is 10.2. The molecule has 3 heterocycles. The summed E-state index contributed by atoms with van der Waals surface area (Å²) in [5, 5.41) is 7.76. The van der Waals surface area contributed by atoms with Crippen molar-refractivity contribution in [3.8, 4) is 0 Å². The zero-order valence-corrected chi connectivity index (χ0v) is 15.4. The number of carbonyl (C=O) groups is 1. The Morgan fingerprint density at radius 1 is 1.15 bits per heavy atom. The molecule has 0 bridgehead atoms. The van der Waals surface area contributed by atoms with Crippen LogP contribution in [-0.4, -0.2) is 38.6 Å². The van der Waals surface area contributed by atoms with Gasteiger partial charge in [-0.2, -0.15) is 4.98 Å². The number of anilines is 2. The van der Waals surface area contributed by atoms with E-state index in [1.54, 1.807) is 10.6 Å². The number of nitrogens with one attached hydrogen (secondary N) is 1. The van der Waals surface area contributed by atoms with Gasteiger partial charge in [0.1, 0.15) is 0 Å². The van der Waals surface area contributed by atoms with Gasteiger partial charge in [-0.25, -0.2) is 9.50 Å². The molecule has 2 aromatic heterocycles. The van der Waals surface area contributed by atoms with Gasteiger partial charge in [-0.1, -0.05) is 11.6 Å². The van der Waals surface area contributed by atoms with Crippen molar-refractivity contribution in [3.63, 3.8) is 0 Å². The van der Waals surface area contributed by atoms with Gasteiger partial charge in [-0.15, -0.1) is 5.10 Å². The molecule has 1 aromatic carbocycles. The summed E-state index contributed by atoms with van der Waals surface area (Å²) in [6.07, 6.45) is 2.29. The molecule has 0 saturated carbocycles. The first-order valence-electron chi connectivity index (χ1n) is 8.58. The normalized spacial score (nSPS) is 14.2. The maximum absolute atomic E-state index is 12.7. The molecule has 26 heavy (non-hydrogen) atoms. The lowest BCUT2D eigenvalue weighted by Crippen LogP contribution is -2.21. The van der Waals surface area contributed by atoms with Gasteiger partial charge in [-0.05, 0) is 51.0 Å². The number of hydrogen-bond acceptors (Lipinski definition) is 5. The molecule has 0 spiro atoms. The van der Waals surface area contributed by atoms with E-state index in [-0.39, 0.29) is 11.7 Å². The zero-order valence-electron chi connectivity index (χ0n) is 14.7. The summed E-state index contributed by atoms with van der Waals surface area (Å²) in [4.78, 5) is 23.6. The SMILES string of the molecule is Cc1cc(C)n2nc(C(=O)Nc3cc(Cl)ccc3N3CCCC3)nc2n1. The van der Waals surface area contributed by atoms with E-state index in [1.807, 2.05) is 32.0 Å². The largest absolute Gasteiger partial charge is 0.370 e. The number of halogens is 1. The molecule has 3 aromatic rings. The molecule has 1 N–H and O–H groups in total. The third-order valence-electron chi connectivity index (χ3n) is 4.47. The van der Waals surface area contributed by atoms with Crippen LogP contribution < -0.4 is 10.2 Å². The third-order valence-corrected chi connectivity index (χ3v) is 4.71. The summed E-state index contributed by atoms with van der Waals surface area (Å²) in [6.45, 7) is 5.73. The molecule has 1 aliphatic rings. The Balaban J connectivity index is 1.66. The Labute approximate surface area is 156 Å². The second-order valence-electron chi connectivity index (χ2n) is 6.50. The molecule has 1 aliphatic heterocycles. The third kappa shape index (κ3) is 3.10. The molecular weight excluding hydrogens is 352 g/mol. The van der Waals surface area contributed by atoms with Gasteiger partial charge >= 0.3 is 0 Å². The Morgan fingerprint density at radius 2 is 1.92 bits per heavy atom. The van der Waals surface area contributed by atoms with Crippen LogP contribution in [0.5, 0.6) is 0 Å². The summed E-state index contributed by atoms with van der Waals surface area (Å²) in [5.74, 6) is 0.118. The van der Waals surface area contributed by atoms with Crippen molar-refractivity contribution in [2.45, 2.75) is 26.7 Å². The molecule has 0 atom stereocenters. The fraction of sp³-hybridized carbons (Fsp3) is 0.333. The fourth-order valence-electron chi connectivity index (χ4n) is 3.28. The van der Waals surface area contributed by atoms with Crippen molar-refractivity contribution >= 4 is 34.7 Å². The van der Waals surface area contributed by atoms with Crippen LogP contribution in [0.25, 0.3) is 5.78 Å². The van der Waals surface area contributed by atoms with E-state index >= 15 is 0 Å². The van der Waals surface area contributed by atoms with Crippen LogP contribution in [0.15, 0.2) is 24.3 Å². The van der Waals surface area contributed by atoms with Gasteiger partial charge in [-0.3, -0.25) is 4.79 Å². The highest BCUT2D eigenvalue weighted by Gasteiger charge is 2.20. The minimum Gasteiger partial charge on any atom is -0.370 e. The van der Waals surface area contributed by atoms with Crippen molar-refractivity contribution in [2.24, 2.45) is 0 Å². The van der Waals surface area contributed by atoms with Gasteiger partial charge in [0.05, 0.1) is 11.4 Å². The molecule has 134 valence electrons. The maximum atomic E-state index is 12.7. The average molecular weight is 371 g/mol. The summed E-state index contributed by atoms with van der Waals surface area (Å²) in [5.41, 5.74) is 3.35. The minimum absolute atomic E-state index is 0.0820. The first kappa shape index (κ1) is 16.8. The van der Waals surface area contributed by atoms with Gasteiger partial charge in [0.15, 0.2) is 0 Å². The second kappa shape index (κ2) is 6.57. The molecule has 1 amide bonds. The smallest absolute Gasteiger partial charge is 0.295 e. The van der Waals surface area contributed by atoms with E-state index < -0.39 is 0 Å². The lowest BCUT2D eigenvalue weighted by Gasteiger charge is -2.21. The van der Waals surface area contributed by atoms with Crippen LogP contribution in [-0.2, 0) is 0 Å². The first-order valence-corrected chi connectivity index (χ1v) is 8.96. The van der Waals surface area contributed by atoms with Crippen LogP contribution >= 0.6 is 11.6 Å². The van der Waals surface area contributed by atoms with E-state index in [0.29, 0.717) is 16.5 Å². The summed E-state index contributed by atoms with van der Waals surface area (Å²) in [6, 6.07) is 7.43. The molecule has 0 aliphatic carbocycles. The van der Waals surface area contributed by atoms with E-state index in [1.165, 1.54) is 0 Å². The average Bonchev–Trinajstić information content (AvgIpc) is 3.24. The van der Waals surface area contributed by atoms with Crippen LogP contribution in [0.2, 0.25) is 5.02 Å². The van der Waals surface area contributed by atoms with E-state index in [0.717, 1.165) is 43.0 Å². The Morgan fingerprint density at radius 3 is 2.69 bits per heavy atom. The highest BCUT2D eigenvalue weighted by molar-refractivity contribution is 6.31. The number of aryl methyl sites for hydroxylation is 2. The first-order chi connectivity index (χ1) is 12.5. The van der Waals surface area contributed by atoms with E-state index in [9.17, 15) is 4.79 Å². The Kier molecular flexibility index (Phi) is 4.24. The van der Waals surface area contributed by atoms with Crippen LogP contribution in [0.1, 0.15) is 34.8 Å². The van der Waals surface area contributed by atoms with Crippen molar-refractivity contribution < 1.29 is 4.79 Å². The predicted octanol–water partition coefficient (Wildman–Crippen LogP) is 3.25. The number of benzene rings is 1. The number of aromatic nitrogens is 4. The summed E-state index contributed by atoms with van der Waals surface area (Å²) < 4.78 is 1.57. The number of fused-ring (bicyclic) bond motifs is 1. The topological polar surface area (TPSA) is 75.4 Å². The molecule has 0 unspecified atom stereocenters. The molecule has 8 heteroatoms. The number of rotatable bonds is 3. The van der Waals surface area contributed by atoms with Crippen LogP contribution in [0, 0.1) is 13.8 Å². The minimum atomic E-state index is -0.379. The number of amides is 1. The number of nitrogens with zero attached hydrogens (tertiary/aromatic N) is 5. The fourth-order valence-corrected chi connectivity index (χ4v) is 3.45. The summed E-state index contributed by atoms with van der Waals surface area (Å²) in [7, 11) is 0. The second-order valence-corrected chi connectivity index (χ2v) is 6.93. The Hall–Kier alpha value is -2.67. The van der Waals surface area contributed by atoms with Crippen LogP contribution in [0.3, 0.4) is 0 Å². The molecule has 4 rings (SSSR count). The zero-order chi connectivity index (χ0) is 18.3. The van der Waals surface area contributed by atoms with Crippen molar-refractivity contribution in [1.82, 2.24) is 19.6 Å². The van der Waals surface area contributed by atoms with Crippen molar-refractivity contribution in [2.75, 3.05) is 23.3 Å². The quantitative estimate of drug-likeness (QED) is 0.766. The monoisotopic (exact) mass is 370 g/mol. The lowest BCUT2D eigenvalue weighted by molar-refractivity contribution is 0.101. The number of hydrogen-bond donors (Lipinski definition) is 1. The molecule has 0 radical (unpaired) electrons. The molecule has 1 fully saturated rings. The maximum Gasteiger partial charge on any atom is 0.295 e. The standard InChI is InChI=1S/C18H19ClN6O/c1-11-9-12(2)25-18(20-11)22-16(23-25)17(26)21-14-10-13(19)5-6-15(14)24-7-3-4-8-24/h5-6,9-10H,3-4,7-8H2,1-2H3,(H,21,26). The molecular formula is C18H19ClN6O. The van der Waals surface area contributed by atoms with Gasteiger partial charge in [0.2, 0.25) is 5.82 Å². The van der Waals surface area contributed by atoms with E-state index in [4.69, 9.17) is 11.6 Å². The highest BCUT2D eigenvalue weighted by Crippen LogP contribution is 2.31. The van der Waals surface area contributed by atoms with Gasteiger partial charge in [0, 0.05) is 29.5 Å². The van der Waals surface area contributed by atoms with Gasteiger partial charge < -0.3 is 10.2 Å². The molecule has 1 saturated heterocycles. The highest BCUT2D eigenvalue weighted by atomic mass is 35.5. The molecule has 7 nitrogen and oxygen atoms in total. The Bertz CT molecular complexity index is 993. The van der Waals surface area contributed by atoms with Crippen LogP contribution in [0.4, 0.5) is 11.4 Å². The summed E-state index contributed by atoms with van der Waals surface area (Å²) >= 11 is 6.14. The number of carbonyl (C=O) groups excluding carboxylic acids is 1. The van der Waals surface area contributed by atoms with Crippen molar-refractivity contribution in [1.29, 1.82) is 0 Å². The van der Waals surface area contributed by atoms with E-state index in [2.05, 4.69) is 25.3 Å². The predicted molar refractivity (Wildman–Crippen MR) is 101 cm³/mol.